The molecule has 0 saturated heterocycles. The van der Waals surface area contributed by atoms with Crippen LogP contribution in [0.1, 0.15) is 24.8 Å². The van der Waals surface area contributed by atoms with E-state index in [2.05, 4.69) is 16.7 Å². The van der Waals surface area contributed by atoms with Gasteiger partial charge in [-0.1, -0.05) is 0 Å². The highest BCUT2D eigenvalue weighted by Gasteiger charge is 2.22. The predicted octanol–water partition coefficient (Wildman–Crippen LogP) is 1.42. The highest BCUT2D eigenvalue weighted by atomic mass is 16.1. The molecule has 0 spiro atoms. The second-order valence-corrected chi connectivity index (χ2v) is 4.77. The van der Waals surface area contributed by atoms with Gasteiger partial charge in [0.05, 0.1) is 12.5 Å². The molecule has 2 rings (SSSR count). The molecule has 5 heteroatoms. The molecule has 0 aromatic heterocycles. The van der Waals surface area contributed by atoms with Gasteiger partial charge >= 0.3 is 0 Å². The molecule has 1 aromatic rings. The molecule has 0 aliphatic heterocycles. The summed E-state index contributed by atoms with van der Waals surface area (Å²) in [6.45, 7) is 0.578. The average Bonchev–Trinajstić information content (AvgIpc) is 3.17. The summed E-state index contributed by atoms with van der Waals surface area (Å²) in [6, 6.07) is 7.98. The topological polar surface area (TPSA) is 90.9 Å². The van der Waals surface area contributed by atoms with E-state index < -0.39 is 0 Å². The lowest BCUT2D eigenvalue weighted by Crippen LogP contribution is -2.27. The molecular weight excluding hydrogens is 240 g/mol. The Morgan fingerprint density at radius 2 is 2.26 bits per heavy atom. The van der Waals surface area contributed by atoms with Gasteiger partial charge < -0.3 is 16.4 Å². The highest BCUT2D eigenvalue weighted by molar-refractivity contribution is 5.77. The fourth-order valence-electron chi connectivity index (χ4n) is 1.80. The van der Waals surface area contributed by atoms with E-state index in [1.165, 1.54) is 0 Å². The lowest BCUT2D eigenvalue weighted by atomic mass is 10.1. The number of nitrogens with zero attached hydrogens (tertiary/aromatic N) is 1. The van der Waals surface area contributed by atoms with E-state index in [-0.39, 0.29) is 5.91 Å². The molecule has 1 fully saturated rings. The zero-order valence-corrected chi connectivity index (χ0v) is 10.8. The maximum atomic E-state index is 11.5. The van der Waals surface area contributed by atoms with Crippen molar-refractivity contribution in [3.63, 3.8) is 0 Å². The minimum absolute atomic E-state index is 0.0858. The molecule has 0 atom stereocenters. The summed E-state index contributed by atoms with van der Waals surface area (Å²) in [7, 11) is 0. The summed E-state index contributed by atoms with van der Waals surface area (Å²) in [5.74, 6) is 0.0858. The normalized spacial score (nSPS) is 13.6. The average molecular weight is 258 g/mol. The summed E-state index contributed by atoms with van der Waals surface area (Å²) >= 11 is 0. The van der Waals surface area contributed by atoms with Crippen molar-refractivity contribution in [2.75, 3.05) is 17.6 Å². The zero-order valence-electron chi connectivity index (χ0n) is 10.8. The van der Waals surface area contributed by atoms with E-state index in [1.807, 2.05) is 12.1 Å². The first-order chi connectivity index (χ1) is 9.19. The van der Waals surface area contributed by atoms with Gasteiger partial charge in [-0.05, 0) is 36.6 Å². The van der Waals surface area contributed by atoms with Crippen molar-refractivity contribution in [1.82, 2.24) is 5.32 Å². The highest BCUT2D eigenvalue weighted by Crippen LogP contribution is 2.19. The Kier molecular flexibility index (Phi) is 4.24. The molecule has 0 bridgehead atoms. The number of hydrogen-bond donors (Lipinski definition) is 3. The SMILES string of the molecule is N#CCc1cc(NCCC(=O)NC2CC2)ccc1N. The van der Waals surface area contributed by atoms with Crippen molar-refractivity contribution >= 4 is 17.3 Å². The minimum Gasteiger partial charge on any atom is -0.398 e. The standard InChI is InChI=1S/C14H18N4O/c15-7-5-10-9-12(3-4-13(10)16)17-8-6-14(19)18-11-1-2-11/h3-4,9,11,17H,1-2,5-6,8,16H2,(H,18,19). The largest absolute Gasteiger partial charge is 0.398 e. The van der Waals surface area contributed by atoms with Crippen molar-refractivity contribution in [1.29, 1.82) is 5.26 Å². The summed E-state index contributed by atoms with van der Waals surface area (Å²) in [6.07, 6.45) is 2.96. The smallest absolute Gasteiger partial charge is 0.221 e. The Morgan fingerprint density at radius 1 is 1.47 bits per heavy atom. The van der Waals surface area contributed by atoms with E-state index in [1.54, 1.807) is 6.07 Å². The summed E-state index contributed by atoms with van der Waals surface area (Å²) < 4.78 is 0. The van der Waals surface area contributed by atoms with Gasteiger partial charge in [0.1, 0.15) is 0 Å². The second kappa shape index (κ2) is 6.10. The third kappa shape index (κ3) is 4.18. The van der Waals surface area contributed by atoms with Crippen LogP contribution >= 0.6 is 0 Å². The van der Waals surface area contributed by atoms with Crippen molar-refractivity contribution in [3.8, 4) is 6.07 Å². The first-order valence-corrected chi connectivity index (χ1v) is 6.47. The Hall–Kier alpha value is -2.22. The zero-order chi connectivity index (χ0) is 13.7. The molecule has 0 heterocycles. The van der Waals surface area contributed by atoms with Gasteiger partial charge in [0, 0.05) is 30.4 Å². The van der Waals surface area contributed by atoms with Crippen LogP contribution in [0.5, 0.6) is 0 Å². The van der Waals surface area contributed by atoms with Gasteiger partial charge in [0.25, 0.3) is 0 Å². The molecule has 4 N–H and O–H groups in total. The first kappa shape index (κ1) is 13.2. The fraction of sp³-hybridized carbons (Fsp3) is 0.429. The fourth-order valence-corrected chi connectivity index (χ4v) is 1.80. The number of nitriles is 1. The van der Waals surface area contributed by atoms with Crippen LogP contribution < -0.4 is 16.4 Å². The molecule has 1 aliphatic carbocycles. The molecule has 19 heavy (non-hydrogen) atoms. The second-order valence-electron chi connectivity index (χ2n) is 4.77. The van der Waals surface area contributed by atoms with Gasteiger partial charge in [-0.25, -0.2) is 0 Å². The van der Waals surface area contributed by atoms with Gasteiger partial charge in [0.2, 0.25) is 5.91 Å². The molecule has 1 amide bonds. The number of carbonyl (C=O) groups excluding carboxylic acids is 1. The van der Waals surface area contributed by atoms with Crippen molar-refractivity contribution in [3.05, 3.63) is 23.8 Å². The molecule has 100 valence electrons. The van der Waals surface area contributed by atoms with Gasteiger partial charge in [-0.2, -0.15) is 5.26 Å². The summed E-state index contributed by atoms with van der Waals surface area (Å²) in [5.41, 5.74) is 8.10. The maximum absolute atomic E-state index is 11.5. The van der Waals surface area contributed by atoms with Crippen LogP contribution in [0.15, 0.2) is 18.2 Å². The number of nitrogens with one attached hydrogen (secondary N) is 2. The minimum atomic E-state index is 0.0858. The van der Waals surface area contributed by atoms with Crippen LogP contribution in [0.2, 0.25) is 0 Å². The van der Waals surface area contributed by atoms with Gasteiger partial charge in [-0.15, -0.1) is 0 Å². The van der Waals surface area contributed by atoms with E-state index in [0.717, 1.165) is 24.1 Å². The Morgan fingerprint density at radius 3 is 2.95 bits per heavy atom. The molecule has 1 aliphatic rings. The number of amides is 1. The Balaban J connectivity index is 1.80. The third-order valence-electron chi connectivity index (χ3n) is 3.04. The van der Waals surface area contributed by atoms with Gasteiger partial charge in [-0.3, -0.25) is 4.79 Å². The number of nitrogen functional groups attached to an aromatic ring is 1. The molecular formula is C14H18N4O. The Bertz CT molecular complexity index is 503. The number of benzene rings is 1. The first-order valence-electron chi connectivity index (χ1n) is 6.47. The van der Waals surface area contributed by atoms with E-state index in [4.69, 9.17) is 11.0 Å². The lowest BCUT2D eigenvalue weighted by molar-refractivity contribution is -0.120. The van der Waals surface area contributed by atoms with Crippen LogP contribution in [-0.2, 0) is 11.2 Å². The predicted molar refractivity (Wildman–Crippen MR) is 74.4 cm³/mol. The number of hydrogen-bond acceptors (Lipinski definition) is 4. The number of carbonyl (C=O) groups is 1. The van der Waals surface area contributed by atoms with Crippen LogP contribution in [0.3, 0.4) is 0 Å². The summed E-state index contributed by atoms with van der Waals surface area (Å²) in [4.78, 5) is 11.5. The van der Waals surface area contributed by atoms with Crippen LogP contribution in [0, 0.1) is 11.3 Å². The van der Waals surface area contributed by atoms with Crippen molar-refractivity contribution < 1.29 is 4.79 Å². The number of anilines is 2. The molecule has 0 radical (unpaired) electrons. The van der Waals surface area contributed by atoms with Gasteiger partial charge in [0.15, 0.2) is 0 Å². The summed E-state index contributed by atoms with van der Waals surface area (Å²) in [5, 5.41) is 14.8. The van der Waals surface area contributed by atoms with Crippen molar-refractivity contribution in [2.24, 2.45) is 0 Å². The van der Waals surface area contributed by atoms with E-state index >= 15 is 0 Å². The Labute approximate surface area is 112 Å². The van der Waals surface area contributed by atoms with Crippen LogP contribution in [-0.4, -0.2) is 18.5 Å². The monoisotopic (exact) mass is 258 g/mol. The van der Waals surface area contributed by atoms with Crippen LogP contribution in [0.25, 0.3) is 0 Å². The number of nitrogens with two attached hydrogens (primary N) is 1. The number of rotatable bonds is 6. The molecule has 1 aromatic carbocycles. The lowest BCUT2D eigenvalue weighted by Gasteiger charge is -2.09. The molecule has 1 saturated carbocycles. The molecule has 0 unspecified atom stereocenters. The van der Waals surface area contributed by atoms with E-state index in [0.29, 0.717) is 31.1 Å². The molecule has 5 nitrogen and oxygen atoms in total. The third-order valence-corrected chi connectivity index (χ3v) is 3.04. The quantitative estimate of drug-likeness (QED) is 0.673. The van der Waals surface area contributed by atoms with E-state index in [9.17, 15) is 4.79 Å². The van der Waals surface area contributed by atoms with Crippen LogP contribution in [0.4, 0.5) is 11.4 Å². The van der Waals surface area contributed by atoms with Crippen molar-refractivity contribution in [2.45, 2.75) is 31.7 Å². The maximum Gasteiger partial charge on any atom is 0.221 e.